The molecule has 0 aliphatic carbocycles. The lowest BCUT2D eigenvalue weighted by Gasteiger charge is -2.25. The molecule has 2 unspecified atom stereocenters. The Kier molecular flexibility index (Phi) is 4.47. The molecule has 2 atom stereocenters. The van der Waals surface area contributed by atoms with Gasteiger partial charge < -0.3 is 11.1 Å². The minimum Gasteiger partial charge on any atom is -0.351 e. The number of sulfone groups is 1. The van der Waals surface area contributed by atoms with Crippen LogP contribution in [0.1, 0.15) is 19.8 Å². The highest BCUT2D eigenvalue weighted by atomic mass is 32.2. The monoisotopic (exact) mass is 263 g/mol. The molecule has 98 valence electrons. The summed E-state index contributed by atoms with van der Waals surface area (Å²) in [6, 6.07) is -1.82. The fourth-order valence-electron chi connectivity index (χ4n) is 1.81. The Morgan fingerprint density at radius 2 is 2.06 bits per heavy atom. The predicted octanol–water partition coefficient (Wildman–Crippen LogP) is -1.26. The van der Waals surface area contributed by atoms with Crippen molar-refractivity contribution in [3.05, 3.63) is 0 Å². The Labute approximate surface area is 100 Å². The van der Waals surface area contributed by atoms with E-state index < -0.39 is 27.8 Å². The second kappa shape index (κ2) is 5.46. The Bertz CT molecular complexity index is 406. The summed E-state index contributed by atoms with van der Waals surface area (Å²) in [5, 5.41) is 4.82. The molecule has 1 saturated heterocycles. The maximum absolute atomic E-state index is 11.4. The molecule has 17 heavy (non-hydrogen) atoms. The first-order valence-corrected chi connectivity index (χ1v) is 7.19. The molecule has 0 saturated carbocycles. The summed E-state index contributed by atoms with van der Waals surface area (Å²) in [4.78, 5) is 21.8. The second-order valence-corrected chi connectivity index (χ2v) is 6.42. The largest absolute Gasteiger partial charge is 0.351 e. The first kappa shape index (κ1) is 13.9. The number of carbonyl (C=O) groups excluding carboxylic acids is 2. The SMILES string of the molecule is CC(NC1CCCS(=O)(=O)C1)C(=O)NC(N)=O. The standard InChI is InChI=1S/C9H17N3O4S/c1-6(8(13)12-9(10)14)11-7-3-2-4-17(15,16)5-7/h6-7,11H,2-5H2,1H3,(H3,10,12,13,14). The van der Waals surface area contributed by atoms with Gasteiger partial charge in [0.25, 0.3) is 0 Å². The molecule has 0 aromatic carbocycles. The van der Waals surface area contributed by atoms with E-state index in [4.69, 9.17) is 5.73 Å². The summed E-state index contributed by atoms with van der Waals surface area (Å²) in [6.45, 7) is 1.56. The number of hydrogen-bond donors (Lipinski definition) is 3. The van der Waals surface area contributed by atoms with Gasteiger partial charge >= 0.3 is 6.03 Å². The first-order chi connectivity index (χ1) is 7.80. The summed E-state index contributed by atoms with van der Waals surface area (Å²) < 4.78 is 22.8. The molecule has 1 aliphatic rings. The molecule has 1 fully saturated rings. The second-order valence-electron chi connectivity index (χ2n) is 4.20. The smallest absolute Gasteiger partial charge is 0.318 e. The van der Waals surface area contributed by atoms with Gasteiger partial charge in [-0.3, -0.25) is 10.1 Å². The van der Waals surface area contributed by atoms with Crippen molar-refractivity contribution in [2.45, 2.75) is 31.8 Å². The van der Waals surface area contributed by atoms with E-state index >= 15 is 0 Å². The van der Waals surface area contributed by atoms with Gasteiger partial charge in [-0.1, -0.05) is 0 Å². The van der Waals surface area contributed by atoms with Gasteiger partial charge in [-0.25, -0.2) is 13.2 Å². The molecule has 7 nitrogen and oxygen atoms in total. The van der Waals surface area contributed by atoms with Crippen LogP contribution in [0.15, 0.2) is 0 Å². The number of carbonyl (C=O) groups is 2. The van der Waals surface area contributed by atoms with Crippen molar-refractivity contribution < 1.29 is 18.0 Å². The number of urea groups is 1. The van der Waals surface area contributed by atoms with Crippen molar-refractivity contribution in [1.82, 2.24) is 10.6 Å². The maximum atomic E-state index is 11.4. The minimum absolute atomic E-state index is 0.0290. The quantitative estimate of drug-likeness (QED) is 0.587. The highest BCUT2D eigenvalue weighted by molar-refractivity contribution is 7.91. The van der Waals surface area contributed by atoms with E-state index in [0.29, 0.717) is 12.8 Å². The molecule has 3 amide bonds. The van der Waals surface area contributed by atoms with Gasteiger partial charge in [-0.2, -0.15) is 0 Å². The van der Waals surface area contributed by atoms with Gasteiger partial charge in [0.15, 0.2) is 9.84 Å². The zero-order chi connectivity index (χ0) is 13.1. The Morgan fingerprint density at radius 3 is 2.59 bits per heavy atom. The van der Waals surface area contributed by atoms with E-state index in [1.165, 1.54) is 0 Å². The molecule has 4 N–H and O–H groups in total. The van der Waals surface area contributed by atoms with E-state index in [1.54, 1.807) is 6.92 Å². The number of amides is 3. The third-order valence-electron chi connectivity index (χ3n) is 2.59. The Hall–Kier alpha value is -1.15. The summed E-state index contributed by atoms with van der Waals surface area (Å²) in [6.07, 6.45) is 1.29. The molecule has 1 aliphatic heterocycles. The van der Waals surface area contributed by atoms with E-state index in [-0.39, 0.29) is 17.5 Å². The number of primary amides is 1. The lowest BCUT2D eigenvalue weighted by molar-refractivity contribution is -0.121. The molecule has 0 aromatic heterocycles. The van der Waals surface area contributed by atoms with Crippen molar-refractivity contribution in [3.63, 3.8) is 0 Å². The van der Waals surface area contributed by atoms with Crippen LogP contribution in [0.2, 0.25) is 0 Å². The first-order valence-electron chi connectivity index (χ1n) is 5.37. The molecular weight excluding hydrogens is 246 g/mol. The predicted molar refractivity (Wildman–Crippen MR) is 62.0 cm³/mol. The van der Waals surface area contributed by atoms with Crippen LogP contribution in [0.5, 0.6) is 0 Å². The normalized spacial score (nSPS) is 24.9. The zero-order valence-electron chi connectivity index (χ0n) is 9.60. The molecule has 0 bridgehead atoms. The summed E-state index contributed by atoms with van der Waals surface area (Å²) in [5.74, 6) is -0.325. The van der Waals surface area contributed by atoms with E-state index in [2.05, 4.69) is 5.32 Å². The highest BCUT2D eigenvalue weighted by Gasteiger charge is 2.27. The van der Waals surface area contributed by atoms with Crippen LogP contribution in [0.4, 0.5) is 4.79 Å². The molecular formula is C9H17N3O4S. The number of nitrogens with two attached hydrogens (primary N) is 1. The lowest BCUT2D eigenvalue weighted by Crippen LogP contribution is -2.52. The summed E-state index contributed by atoms with van der Waals surface area (Å²) in [5.41, 5.74) is 4.81. The molecule has 0 aromatic rings. The lowest BCUT2D eigenvalue weighted by atomic mass is 10.1. The van der Waals surface area contributed by atoms with Crippen molar-refractivity contribution in [3.8, 4) is 0 Å². The fraction of sp³-hybridized carbons (Fsp3) is 0.778. The van der Waals surface area contributed by atoms with Crippen molar-refractivity contribution in [2.75, 3.05) is 11.5 Å². The third kappa shape index (κ3) is 4.70. The van der Waals surface area contributed by atoms with Gasteiger partial charge in [0.1, 0.15) is 0 Å². The molecule has 0 radical (unpaired) electrons. The average Bonchev–Trinajstić information content (AvgIpc) is 2.14. The van der Waals surface area contributed by atoms with E-state index in [1.807, 2.05) is 5.32 Å². The average molecular weight is 263 g/mol. The van der Waals surface area contributed by atoms with Crippen molar-refractivity contribution in [1.29, 1.82) is 0 Å². The summed E-state index contributed by atoms with van der Waals surface area (Å²) >= 11 is 0. The van der Waals surface area contributed by atoms with Crippen LogP contribution in [0.25, 0.3) is 0 Å². The number of hydrogen-bond acceptors (Lipinski definition) is 5. The topological polar surface area (TPSA) is 118 Å². The maximum Gasteiger partial charge on any atom is 0.318 e. The van der Waals surface area contributed by atoms with Crippen LogP contribution in [-0.2, 0) is 14.6 Å². The summed E-state index contributed by atoms with van der Waals surface area (Å²) in [7, 11) is -3.01. The minimum atomic E-state index is -3.01. The van der Waals surface area contributed by atoms with Gasteiger partial charge in [0.2, 0.25) is 5.91 Å². The zero-order valence-corrected chi connectivity index (χ0v) is 10.4. The number of imide groups is 1. The van der Waals surface area contributed by atoms with Gasteiger partial charge in [-0.15, -0.1) is 0 Å². The van der Waals surface area contributed by atoms with Crippen LogP contribution in [-0.4, -0.2) is 43.9 Å². The Morgan fingerprint density at radius 1 is 1.41 bits per heavy atom. The van der Waals surface area contributed by atoms with Gasteiger partial charge in [-0.05, 0) is 19.8 Å². The van der Waals surface area contributed by atoms with Crippen LogP contribution in [0.3, 0.4) is 0 Å². The Balaban J connectivity index is 2.48. The van der Waals surface area contributed by atoms with Gasteiger partial charge in [0.05, 0.1) is 17.5 Å². The van der Waals surface area contributed by atoms with Crippen LogP contribution < -0.4 is 16.4 Å². The number of rotatable bonds is 3. The molecule has 1 heterocycles. The fourth-order valence-corrected chi connectivity index (χ4v) is 3.46. The number of nitrogens with one attached hydrogen (secondary N) is 2. The molecule has 1 rings (SSSR count). The molecule has 8 heteroatoms. The third-order valence-corrected chi connectivity index (χ3v) is 4.41. The van der Waals surface area contributed by atoms with Crippen molar-refractivity contribution in [2.24, 2.45) is 5.73 Å². The van der Waals surface area contributed by atoms with E-state index in [9.17, 15) is 18.0 Å². The van der Waals surface area contributed by atoms with Crippen molar-refractivity contribution >= 4 is 21.8 Å². The molecule has 0 spiro atoms. The van der Waals surface area contributed by atoms with Gasteiger partial charge in [0, 0.05) is 6.04 Å². The van der Waals surface area contributed by atoms with E-state index in [0.717, 1.165) is 0 Å². The highest BCUT2D eigenvalue weighted by Crippen LogP contribution is 2.12. The van der Waals surface area contributed by atoms with Crippen LogP contribution in [0, 0.1) is 0 Å². The van der Waals surface area contributed by atoms with Crippen LogP contribution >= 0.6 is 0 Å².